The van der Waals surface area contributed by atoms with Crippen molar-refractivity contribution in [3.63, 3.8) is 0 Å². The first-order valence-corrected chi connectivity index (χ1v) is 16.8. The second-order valence-electron chi connectivity index (χ2n) is 11.8. The average molecular weight is 730 g/mol. The molecule has 0 aliphatic heterocycles. The molecule has 0 unspecified atom stereocenters. The van der Waals surface area contributed by atoms with E-state index in [2.05, 4.69) is 143 Å². The molecule has 0 amide bonds. The second-order valence-corrected chi connectivity index (χ2v) is 13.0. The van der Waals surface area contributed by atoms with Gasteiger partial charge in [0.1, 0.15) is 0 Å². The number of carbonyl (C=O) groups excluding carboxylic acids is 2. The van der Waals surface area contributed by atoms with E-state index in [1.165, 1.54) is 21.5 Å². The smallest absolute Gasteiger partial charge is 0.187 e. The fraction of sp³-hybridized carbons (Fsp3) is 0. The summed E-state index contributed by atoms with van der Waals surface area (Å²) in [6.45, 7) is 0. The fourth-order valence-electron chi connectivity index (χ4n) is 6.59. The van der Waals surface area contributed by atoms with E-state index in [4.69, 9.17) is 0 Å². The van der Waals surface area contributed by atoms with E-state index in [1.54, 1.807) is 18.2 Å². The van der Waals surface area contributed by atoms with Crippen LogP contribution in [0.2, 0.25) is 0 Å². The number of ketones is 1. The molecule has 228 valence electrons. The highest BCUT2D eigenvalue weighted by Crippen LogP contribution is 2.42. The highest BCUT2D eigenvalue weighted by molar-refractivity contribution is 14.1. The third kappa shape index (κ3) is 5.44. The van der Waals surface area contributed by atoms with Crippen LogP contribution >= 0.6 is 22.6 Å². The van der Waals surface area contributed by atoms with Crippen molar-refractivity contribution in [3.05, 3.63) is 180 Å². The zero-order valence-corrected chi connectivity index (χ0v) is 28.0. The predicted molar refractivity (Wildman–Crippen MR) is 209 cm³/mol. The average Bonchev–Trinajstić information content (AvgIpc) is 3.14. The van der Waals surface area contributed by atoms with Crippen molar-refractivity contribution in [2.24, 2.45) is 0 Å². The molecule has 0 aliphatic rings. The molecule has 8 rings (SSSR count). The van der Waals surface area contributed by atoms with E-state index < -0.39 is 0 Å². The van der Waals surface area contributed by atoms with Crippen molar-refractivity contribution in [2.45, 2.75) is 0 Å². The molecular formula is C44H28INO2. The van der Waals surface area contributed by atoms with E-state index in [9.17, 15) is 9.59 Å². The number of rotatable bonds is 7. The molecule has 3 nitrogen and oxygen atoms in total. The molecule has 48 heavy (non-hydrogen) atoms. The Bertz CT molecular complexity index is 2570. The third-order valence-corrected chi connectivity index (χ3v) is 9.86. The van der Waals surface area contributed by atoms with Crippen molar-refractivity contribution in [2.75, 3.05) is 4.90 Å². The maximum Gasteiger partial charge on any atom is 0.187 e. The Hall–Kier alpha value is -5.59. The lowest BCUT2D eigenvalue weighted by molar-refractivity contribution is 0.103. The number of anilines is 3. The van der Waals surface area contributed by atoms with Gasteiger partial charge in [0.25, 0.3) is 0 Å². The number of aldehydes is 1. The van der Waals surface area contributed by atoms with Crippen molar-refractivity contribution >= 4 is 98.4 Å². The lowest BCUT2D eigenvalue weighted by Gasteiger charge is -2.28. The summed E-state index contributed by atoms with van der Waals surface area (Å²) in [6.07, 6.45) is 2.38. The van der Waals surface area contributed by atoms with Crippen LogP contribution in [-0.2, 0) is 0 Å². The number of benzene rings is 8. The first kappa shape index (κ1) is 29.8. The molecule has 0 saturated carbocycles. The SMILES string of the molecule is O=Cc1cc2ccccc2cc1C(=O)/C=C(/I)c1ccc2cc(N(c3ccccc3)c3cc4ccccc4c4ccccc34)ccc2c1. The minimum atomic E-state index is -0.191. The lowest BCUT2D eigenvalue weighted by Crippen LogP contribution is -2.10. The normalized spacial score (nSPS) is 11.7. The number of hydrogen-bond donors (Lipinski definition) is 0. The van der Waals surface area contributed by atoms with Gasteiger partial charge in [-0.05, 0) is 114 Å². The van der Waals surface area contributed by atoms with Crippen LogP contribution in [0.5, 0.6) is 0 Å². The van der Waals surface area contributed by atoms with Gasteiger partial charge in [0.2, 0.25) is 0 Å². The van der Waals surface area contributed by atoms with Gasteiger partial charge in [-0.2, -0.15) is 0 Å². The van der Waals surface area contributed by atoms with Crippen LogP contribution in [0.4, 0.5) is 17.1 Å². The standard InChI is InChI=1S/C44H28INO2/c45-42(27-44(48)41-25-30-11-5-4-10-29(30)23-35(41)28-47)34-19-18-32-24-37(21-20-31(32)22-34)46(36-13-2-1-3-14-36)43-26-33-12-6-7-15-38(33)39-16-8-9-17-40(39)43/h1-28H/b42-27+. The molecule has 0 spiro atoms. The van der Waals surface area contributed by atoms with Gasteiger partial charge in [0.05, 0.1) is 5.69 Å². The number of nitrogens with zero attached hydrogens (tertiary/aromatic N) is 1. The van der Waals surface area contributed by atoms with Gasteiger partial charge in [-0.1, -0.05) is 109 Å². The van der Waals surface area contributed by atoms with E-state index in [-0.39, 0.29) is 5.78 Å². The van der Waals surface area contributed by atoms with Gasteiger partial charge in [0.15, 0.2) is 12.1 Å². The number of allylic oxidation sites excluding steroid dienone is 1. The summed E-state index contributed by atoms with van der Waals surface area (Å²) in [5, 5.41) is 8.86. The van der Waals surface area contributed by atoms with Crippen molar-refractivity contribution < 1.29 is 9.59 Å². The number of fused-ring (bicyclic) bond motifs is 5. The van der Waals surface area contributed by atoms with Gasteiger partial charge in [-0.3, -0.25) is 9.59 Å². The van der Waals surface area contributed by atoms with Gasteiger partial charge in [-0.15, -0.1) is 0 Å². The minimum Gasteiger partial charge on any atom is -0.310 e. The molecular weight excluding hydrogens is 701 g/mol. The molecule has 0 bridgehead atoms. The van der Waals surface area contributed by atoms with E-state index in [0.29, 0.717) is 11.1 Å². The molecule has 0 atom stereocenters. The summed E-state index contributed by atoms with van der Waals surface area (Å²) in [6, 6.07) is 54.1. The van der Waals surface area contributed by atoms with E-state index in [0.717, 1.165) is 54.0 Å². The minimum absolute atomic E-state index is 0.191. The maximum atomic E-state index is 13.4. The molecule has 0 heterocycles. The summed E-state index contributed by atoms with van der Waals surface area (Å²) in [4.78, 5) is 27.6. The Labute approximate surface area is 291 Å². The van der Waals surface area contributed by atoms with Crippen LogP contribution in [0.15, 0.2) is 164 Å². The van der Waals surface area contributed by atoms with Gasteiger partial charge in [-0.25, -0.2) is 0 Å². The van der Waals surface area contributed by atoms with Gasteiger partial charge >= 0.3 is 0 Å². The summed E-state index contributed by atoms with van der Waals surface area (Å²) >= 11 is 2.22. The molecule has 0 N–H and O–H groups in total. The molecule has 0 saturated heterocycles. The summed E-state index contributed by atoms with van der Waals surface area (Å²) < 4.78 is 0.808. The number of carbonyl (C=O) groups is 2. The lowest BCUT2D eigenvalue weighted by atomic mass is 9.98. The summed E-state index contributed by atoms with van der Waals surface area (Å²) in [7, 11) is 0. The van der Waals surface area contributed by atoms with Crippen LogP contribution in [0.3, 0.4) is 0 Å². The Morgan fingerprint density at radius 2 is 1.12 bits per heavy atom. The maximum absolute atomic E-state index is 13.4. The third-order valence-electron chi connectivity index (χ3n) is 8.93. The van der Waals surface area contributed by atoms with Crippen molar-refractivity contribution in [1.82, 2.24) is 0 Å². The van der Waals surface area contributed by atoms with E-state index in [1.807, 2.05) is 30.3 Å². The molecule has 0 aromatic heterocycles. The molecule has 8 aromatic rings. The fourth-order valence-corrected chi connectivity index (χ4v) is 7.21. The van der Waals surface area contributed by atoms with Crippen LogP contribution in [0.1, 0.15) is 26.3 Å². The van der Waals surface area contributed by atoms with Crippen molar-refractivity contribution in [3.8, 4) is 0 Å². The molecule has 4 heteroatoms. The van der Waals surface area contributed by atoms with Crippen LogP contribution in [-0.4, -0.2) is 12.1 Å². The number of para-hydroxylation sites is 1. The first-order valence-electron chi connectivity index (χ1n) is 15.8. The Kier molecular flexibility index (Phi) is 7.79. The van der Waals surface area contributed by atoms with Crippen molar-refractivity contribution in [1.29, 1.82) is 0 Å². The summed E-state index contributed by atoms with van der Waals surface area (Å²) in [5.41, 5.74) is 5.00. The largest absolute Gasteiger partial charge is 0.310 e. The Morgan fingerprint density at radius 3 is 1.90 bits per heavy atom. The Morgan fingerprint density at radius 1 is 0.521 bits per heavy atom. The zero-order chi connectivity index (χ0) is 32.6. The zero-order valence-electron chi connectivity index (χ0n) is 25.8. The Balaban J connectivity index is 1.20. The topological polar surface area (TPSA) is 37.4 Å². The molecule has 0 aliphatic carbocycles. The van der Waals surface area contributed by atoms with Crippen LogP contribution in [0, 0.1) is 0 Å². The van der Waals surface area contributed by atoms with Crippen LogP contribution < -0.4 is 4.90 Å². The highest BCUT2D eigenvalue weighted by atomic mass is 127. The van der Waals surface area contributed by atoms with Gasteiger partial charge < -0.3 is 4.90 Å². The second kappa shape index (κ2) is 12.5. The highest BCUT2D eigenvalue weighted by Gasteiger charge is 2.18. The van der Waals surface area contributed by atoms with E-state index >= 15 is 0 Å². The number of hydrogen-bond acceptors (Lipinski definition) is 3. The monoisotopic (exact) mass is 729 g/mol. The summed E-state index contributed by atoms with van der Waals surface area (Å²) in [5.74, 6) is -0.191. The first-order chi connectivity index (χ1) is 23.6. The number of halogens is 1. The molecule has 0 radical (unpaired) electrons. The predicted octanol–water partition coefficient (Wildman–Crippen LogP) is 12.2. The quantitative estimate of drug-likeness (QED) is 0.0539. The van der Waals surface area contributed by atoms with Gasteiger partial charge in [0, 0.05) is 37.5 Å². The molecule has 8 aromatic carbocycles. The molecule has 0 fully saturated rings. The van der Waals surface area contributed by atoms with Crippen LogP contribution in [0.25, 0.3) is 46.7 Å².